The number of nitrogens with zero attached hydrogens (tertiary/aromatic N) is 2. The van der Waals surface area contributed by atoms with Gasteiger partial charge in [0.25, 0.3) is 5.91 Å². The van der Waals surface area contributed by atoms with Crippen LogP contribution in [0.15, 0.2) is 18.3 Å². The smallest absolute Gasteiger partial charge is 0.354 e. The van der Waals surface area contributed by atoms with E-state index < -0.39 is 5.97 Å². The summed E-state index contributed by atoms with van der Waals surface area (Å²) in [5.74, 6) is -1.23. The maximum absolute atomic E-state index is 12.1. The summed E-state index contributed by atoms with van der Waals surface area (Å²) >= 11 is 0. The molecule has 0 atom stereocenters. The van der Waals surface area contributed by atoms with Crippen molar-refractivity contribution in [3.05, 3.63) is 29.6 Å². The van der Waals surface area contributed by atoms with E-state index in [2.05, 4.69) is 4.98 Å². The van der Waals surface area contributed by atoms with E-state index in [-0.39, 0.29) is 17.6 Å². The SMILES string of the molecule is CCC(CC)N(C)C(=O)c1ccc(C(=O)O)nc1. The molecule has 0 aliphatic heterocycles. The van der Waals surface area contributed by atoms with Crippen LogP contribution in [0.1, 0.15) is 47.5 Å². The molecule has 0 saturated heterocycles. The molecular formula is C13H18N2O3. The van der Waals surface area contributed by atoms with Gasteiger partial charge in [-0.15, -0.1) is 0 Å². The van der Waals surface area contributed by atoms with Crippen LogP contribution in [0.5, 0.6) is 0 Å². The van der Waals surface area contributed by atoms with E-state index in [4.69, 9.17) is 5.11 Å². The van der Waals surface area contributed by atoms with Gasteiger partial charge in [0.05, 0.1) is 5.56 Å². The maximum Gasteiger partial charge on any atom is 0.354 e. The summed E-state index contributed by atoms with van der Waals surface area (Å²) in [5.41, 5.74) is 0.353. The zero-order valence-electron chi connectivity index (χ0n) is 10.9. The van der Waals surface area contributed by atoms with Crippen molar-refractivity contribution < 1.29 is 14.7 Å². The van der Waals surface area contributed by atoms with Gasteiger partial charge < -0.3 is 10.0 Å². The van der Waals surface area contributed by atoms with E-state index in [9.17, 15) is 9.59 Å². The number of carbonyl (C=O) groups excluding carboxylic acids is 1. The van der Waals surface area contributed by atoms with E-state index in [1.807, 2.05) is 13.8 Å². The molecule has 1 N–H and O–H groups in total. The van der Waals surface area contributed by atoms with Crippen molar-refractivity contribution in [3.8, 4) is 0 Å². The lowest BCUT2D eigenvalue weighted by Crippen LogP contribution is -2.36. The number of hydrogen-bond donors (Lipinski definition) is 1. The fourth-order valence-corrected chi connectivity index (χ4v) is 1.85. The number of carboxylic acids is 1. The average molecular weight is 250 g/mol. The number of rotatable bonds is 5. The van der Waals surface area contributed by atoms with Gasteiger partial charge in [-0.1, -0.05) is 13.8 Å². The van der Waals surface area contributed by atoms with Gasteiger partial charge in [0.1, 0.15) is 5.69 Å². The first kappa shape index (κ1) is 14.2. The van der Waals surface area contributed by atoms with Gasteiger partial charge in [-0.3, -0.25) is 4.79 Å². The Bertz CT molecular complexity index is 424. The van der Waals surface area contributed by atoms with Gasteiger partial charge in [-0.2, -0.15) is 0 Å². The minimum Gasteiger partial charge on any atom is -0.477 e. The van der Waals surface area contributed by atoms with Crippen molar-refractivity contribution in [1.29, 1.82) is 0 Å². The fourth-order valence-electron chi connectivity index (χ4n) is 1.85. The van der Waals surface area contributed by atoms with Crippen molar-refractivity contribution in [2.24, 2.45) is 0 Å². The normalized spacial score (nSPS) is 10.4. The molecule has 5 nitrogen and oxygen atoms in total. The largest absolute Gasteiger partial charge is 0.477 e. The second-order valence-corrected chi connectivity index (χ2v) is 4.12. The van der Waals surface area contributed by atoms with Gasteiger partial charge in [-0.05, 0) is 25.0 Å². The molecular weight excluding hydrogens is 232 g/mol. The van der Waals surface area contributed by atoms with Crippen molar-refractivity contribution in [1.82, 2.24) is 9.88 Å². The molecule has 1 aromatic rings. The van der Waals surface area contributed by atoms with Gasteiger partial charge in [0, 0.05) is 19.3 Å². The van der Waals surface area contributed by atoms with Crippen molar-refractivity contribution in [3.63, 3.8) is 0 Å². The zero-order valence-corrected chi connectivity index (χ0v) is 10.9. The van der Waals surface area contributed by atoms with E-state index in [1.165, 1.54) is 18.3 Å². The van der Waals surface area contributed by atoms with E-state index >= 15 is 0 Å². The molecule has 0 saturated carbocycles. The summed E-state index contributed by atoms with van der Waals surface area (Å²) in [6.07, 6.45) is 3.09. The molecule has 0 unspecified atom stereocenters. The number of carboxylic acid groups (broad SMARTS) is 1. The number of amides is 1. The number of carbonyl (C=O) groups is 2. The van der Waals surface area contributed by atoms with Crippen molar-refractivity contribution in [2.75, 3.05) is 7.05 Å². The number of aromatic carboxylic acids is 1. The topological polar surface area (TPSA) is 70.5 Å². The summed E-state index contributed by atoms with van der Waals surface area (Å²) in [5, 5.41) is 8.73. The number of hydrogen-bond acceptors (Lipinski definition) is 3. The van der Waals surface area contributed by atoms with Crippen LogP contribution in [-0.4, -0.2) is 40.0 Å². The van der Waals surface area contributed by atoms with Gasteiger partial charge in [-0.25, -0.2) is 9.78 Å². The van der Waals surface area contributed by atoms with E-state index in [0.29, 0.717) is 5.56 Å². The third-order valence-corrected chi connectivity index (χ3v) is 3.04. The first-order chi connectivity index (χ1) is 8.51. The quantitative estimate of drug-likeness (QED) is 0.868. The van der Waals surface area contributed by atoms with Crippen LogP contribution in [0, 0.1) is 0 Å². The third kappa shape index (κ3) is 3.06. The van der Waals surface area contributed by atoms with Crippen LogP contribution < -0.4 is 0 Å². The summed E-state index contributed by atoms with van der Waals surface area (Å²) in [7, 11) is 1.76. The Balaban J connectivity index is 2.87. The predicted octanol–water partition coefficient (Wildman–Crippen LogP) is 2.04. The molecule has 1 amide bonds. The molecule has 18 heavy (non-hydrogen) atoms. The molecule has 0 fully saturated rings. The first-order valence-electron chi connectivity index (χ1n) is 5.97. The lowest BCUT2D eigenvalue weighted by molar-refractivity contribution is 0.0684. The Morgan fingerprint density at radius 3 is 2.33 bits per heavy atom. The second kappa shape index (κ2) is 6.14. The fraction of sp³-hybridized carbons (Fsp3) is 0.462. The highest BCUT2D eigenvalue weighted by Gasteiger charge is 2.18. The minimum absolute atomic E-state index is 0.0586. The van der Waals surface area contributed by atoms with Gasteiger partial charge in [0.15, 0.2) is 0 Å². The first-order valence-corrected chi connectivity index (χ1v) is 5.97. The lowest BCUT2D eigenvalue weighted by atomic mass is 10.1. The highest BCUT2D eigenvalue weighted by atomic mass is 16.4. The highest BCUT2D eigenvalue weighted by molar-refractivity contribution is 5.94. The molecule has 0 bridgehead atoms. The van der Waals surface area contributed by atoms with Gasteiger partial charge in [0.2, 0.25) is 0 Å². The summed E-state index contributed by atoms with van der Waals surface area (Å²) in [4.78, 5) is 28.2. The molecule has 1 rings (SSSR count). The Hall–Kier alpha value is -1.91. The molecule has 1 aromatic heterocycles. The average Bonchev–Trinajstić information content (AvgIpc) is 2.39. The monoisotopic (exact) mass is 250 g/mol. The van der Waals surface area contributed by atoms with Gasteiger partial charge >= 0.3 is 5.97 Å². The molecule has 0 aliphatic carbocycles. The molecule has 5 heteroatoms. The zero-order chi connectivity index (χ0) is 13.7. The molecule has 0 aliphatic rings. The second-order valence-electron chi connectivity index (χ2n) is 4.12. The van der Waals surface area contributed by atoms with Crippen LogP contribution >= 0.6 is 0 Å². The Kier molecular flexibility index (Phi) is 4.83. The van der Waals surface area contributed by atoms with Crippen LogP contribution in [-0.2, 0) is 0 Å². The summed E-state index contributed by atoms with van der Waals surface area (Å²) in [6, 6.07) is 3.03. The Labute approximate surface area is 106 Å². The lowest BCUT2D eigenvalue weighted by Gasteiger charge is -2.26. The molecule has 0 spiro atoms. The van der Waals surface area contributed by atoms with E-state index in [1.54, 1.807) is 11.9 Å². The Morgan fingerprint density at radius 1 is 1.33 bits per heavy atom. The maximum atomic E-state index is 12.1. The minimum atomic E-state index is -1.10. The van der Waals surface area contributed by atoms with Crippen molar-refractivity contribution >= 4 is 11.9 Å². The molecule has 0 aromatic carbocycles. The highest BCUT2D eigenvalue weighted by Crippen LogP contribution is 2.11. The van der Waals surface area contributed by atoms with Crippen molar-refractivity contribution in [2.45, 2.75) is 32.7 Å². The molecule has 0 radical (unpaired) electrons. The van der Waals surface area contributed by atoms with Crippen LogP contribution in [0.4, 0.5) is 0 Å². The summed E-state index contributed by atoms with van der Waals surface area (Å²) < 4.78 is 0. The standard InChI is InChI=1S/C13H18N2O3/c1-4-10(5-2)15(3)12(16)9-6-7-11(13(17)18)14-8-9/h6-8,10H,4-5H2,1-3H3,(H,17,18). The van der Waals surface area contributed by atoms with E-state index in [0.717, 1.165) is 12.8 Å². The summed E-state index contributed by atoms with van der Waals surface area (Å²) in [6.45, 7) is 4.06. The number of aromatic nitrogens is 1. The third-order valence-electron chi connectivity index (χ3n) is 3.04. The molecule has 1 heterocycles. The Morgan fingerprint density at radius 2 is 1.94 bits per heavy atom. The van der Waals surface area contributed by atoms with Crippen LogP contribution in [0.3, 0.4) is 0 Å². The predicted molar refractivity (Wildman–Crippen MR) is 67.7 cm³/mol. The van der Waals surface area contributed by atoms with Crippen LogP contribution in [0.2, 0.25) is 0 Å². The number of pyridine rings is 1. The van der Waals surface area contributed by atoms with Crippen LogP contribution in [0.25, 0.3) is 0 Å². The molecule has 98 valence electrons.